The van der Waals surface area contributed by atoms with Crippen molar-refractivity contribution in [2.24, 2.45) is 14.1 Å². The number of halogens is 1. The Morgan fingerprint density at radius 1 is 1.17 bits per heavy atom. The van der Waals surface area contributed by atoms with Gasteiger partial charge in [-0.25, -0.2) is 4.79 Å². The van der Waals surface area contributed by atoms with Crippen molar-refractivity contribution in [1.82, 2.24) is 19.4 Å². The van der Waals surface area contributed by atoms with Crippen molar-refractivity contribution in [3.63, 3.8) is 0 Å². The average molecular weight is 317 g/mol. The predicted octanol–water partition coefficient (Wildman–Crippen LogP) is -0.748. The molecular formula is C11H17BrN4O2. The first-order valence-corrected chi connectivity index (χ1v) is 6.69. The van der Waals surface area contributed by atoms with E-state index in [1.807, 2.05) is 0 Å². The first-order valence-electron chi connectivity index (χ1n) is 5.90. The highest BCUT2D eigenvalue weighted by atomic mass is 79.9. The second-order valence-corrected chi connectivity index (χ2v) is 5.29. The number of nitrogens with one attached hydrogen (secondary N) is 1. The van der Waals surface area contributed by atoms with Gasteiger partial charge in [0, 0.05) is 46.8 Å². The lowest BCUT2D eigenvalue weighted by molar-refractivity contribution is 0.226. The van der Waals surface area contributed by atoms with Crippen molar-refractivity contribution in [2.45, 2.75) is 6.54 Å². The molecule has 6 nitrogen and oxygen atoms in total. The van der Waals surface area contributed by atoms with Crippen LogP contribution >= 0.6 is 15.9 Å². The Kier molecular flexibility index (Phi) is 4.04. The summed E-state index contributed by atoms with van der Waals surface area (Å²) in [5.41, 5.74) is 0.182. The molecule has 1 aromatic heterocycles. The Bertz CT molecular complexity index is 520. The molecule has 1 aliphatic heterocycles. The van der Waals surface area contributed by atoms with Crippen LogP contribution in [0.15, 0.2) is 14.1 Å². The van der Waals surface area contributed by atoms with Crippen LogP contribution < -0.4 is 16.6 Å². The molecule has 0 bridgehead atoms. The van der Waals surface area contributed by atoms with Crippen LogP contribution in [0.1, 0.15) is 5.69 Å². The number of rotatable bonds is 2. The van der Waals surface area contributed by atoms with Crippen LogP contribution in [0.3, 0.4) is 0 Å². The summed E-state index contributed by atoms with van der Waals surface area (Å²) in [6.07, 6.45) is 0. The van der Waals surface area contributed by atoms with E-state index in [1.165, 1.54) is 11.6 Å². The summed E-state index contributed by atoms with van der Waals surface area (Å²) >= 11 is 3.31. The Hall–Kier alpha value is -0.920. The molecule has 1 fully saturated rings. The van der Waals surface area contributed by atoms with Crippen LogP contribution in [0.4, 0.5) is 0 Å². The molecule has 0 amide bonds. The number of aromatic nitrogens is 2. The Morgan fingerprint density at radius 3 is 2.39 bits per heavy atom. The molecule has 7 heteroatoms. The van der Waals surface area contributed by atoms with Gasteiger partial charge in [0.2, 0.25) is 0 Å². The van der Waals surface area contributed by atoms with Crippen LogP contribution in [0, 0.1) is 0 Å². The van der Waals surface area contributed by atoms with Crippen LogP contribution in [0.25, 0.3) is 0 Å². The smallest absolute Gasteiger partial charge is 0.314 e. The quantitative estimate of drug-likeness (QED) is 0.780. The highest BCUT2D eigenvalue weighted by Crippen LogP contribution is 2.12. The number of hydrogen-bond donors (Lipinski definition) is 1. The molecule has 0 aromatic carbocycles. The molecule has 2 rings (SSSR count). The molecule has 1 saturated heterocycles. The molecule has 1 N–H and O–H groups in total. The lowest BCUT2D eigenvalue weighted by Crippen LogP contribution is -2.45. The molecule has 0 radical (unpaired) electrons. The van der Waals surface area contributed by atoms with Gasteiger partial charge in [-0.3, -0.25) is 18.8 Å². The fraction of sp³-hybridized carbons (Fsp3) is 0.636. The van der Waals surface area contributed by atoms with E-state index in [0.29, 0.717) is 11.0 Å². The monoisotopic (exact) mass is 316 g/mol. The number of hydrogen-bond acceptors (Lipinski definition) is 4. The molecular weight excluding hydrogens is 300 g/mol. The summed E-state index contributed by atoms with van der Waals surface area (Å²) in [7, 11) is 3.19. The molecule has 18 heavy (non-hydrogen) atoms. The van der Waals surface area contributed by atoms with E-state index in [2.05, 4.69) is 26.1 Å². The average Bonchev–Trinajstić information content (AvgIpc) is 2.40. The Labute approximate surface area is 113 Å². The van der Waals surface area contributed by atoms with Crippen molar-refractivity contribution >= 4 is 15.9 Å². The van der Waals surface area contributed by atoms with Crippen LogP contribution in [0.2, 0.25) is 0 Å². The van der Waals surface area contributed by atoms with E-state index < -0.39 is 0 Å². The molecule has 0 spiro atoms. The molecule has 100 valence electrons. The minimum Gasteiger partial charge on any atom is -0.314 e. The highest BCUT2D eigenvalue weighted by molar-refractivity contribution is 9.10. The van der Waals surface area contributed by atoms with Gasteiger partial charge >= 0.3 is 5.69 Å². The molecule has 0 saturated carbocycles. The van der Waals surface area contributed by atoms with Gasteiger partial charge in [-0.1, -0.05) is 0 Å². The third kappa shape index (κ3) is 2.43. The highest BCUT2D eigenvalue weighted by Gasteiger charge is 2.17. The van der Waals surface area contributed by atoms with E-state index in [4.69, 9.17) is 0 Å². The van der Waals surface area contributed by atoms with Crippen LogP contribution in [-0.2, 0) is 20.6 Å². The molecule has 2 heterocycles. The SMILES string of the molecule is Cn1c(CN2CCNCC2)c(Br)c(=O)n(C)c1=O. The van der Waals surface area contributed by atoms with Crippen LogP contribution in [0.5, 0.6) is 0 Å². The molecule has 0 atom stereocenters. The summed E-state index contributed by atoms with van der Waals surface area (Å²) in [6.45, 7) is 4.35. The van der Waals surface area contributed by atoms with E-state index in [9.17, 15) is 9.59 Å². The van der Waals surface area contributed by atoms with Gasteiger partial charge in [0.1, 0.15) is 4.47 Å². The minimum absolute atomic E-state index is 0.275. The van der Waals surface area contributed by atoms with Crippen molar-refractivity contribution in [3.05, 3.63) is 31.0 Å². The van der Waals surface area contributed by atoms with Crippen molar-refractivity contribution < 1.29 is 0 Å². The zero-order chi connectivity index (χ0) is 13.3. The van der Waals surface area contributed by atoms with Gasteiger partial charge in [0.15, 0.2) is 0 Å². The van der Waals surface area contributed by atoms with Gasteiger partial charge in [-0.05, 0) is 15.9 Å². The molecule has 0 unspecified atom stereocenters. The maximum atomic E-state index is 11.9. The lowest BCUT2D eigenvalue weighted by Gasteiger charge is -2.28. The van der Waals surface area contributed by atoms with Crippen LogP contribution in [-0.4, -0.2) is 40.2 Å². The Balaban J connectivity index is 2.38. The number of piperazine rings is 1. The number of nitrogens with zero attached hydrogens (tertiary/aromatic N) is 3. The fourth-order valence-corrected chi connectivity index (χ4v) is 2.76. The first-order chi connectivity index (χ1) is 8.52. The summed E-state index contributed by atoms with van der Waals surface area (Å²) in [6, 6.07) is 0. The second-order valence-electron chi connectivity index (χ2n) is 4.49. The van der Waals surface area contributed by atoms with Crippen molar-refractivity contribution in [3.8, 4) is 0 Å². The van der Waals surface area contributed by atoms with E-state index in [1.54, 1.807) is 7.05 Å². The van der Waals surface area contributed by atoms with E-state index >= 15 is 0 Å². The van der Waals surface area contributed by atoms with Gasteiger partial charge in [0.25, 0.3) is 5.56 Å². The predicted molar refractivity (Wildman–Crippen MR) is 72.8 cm³/mol. The summed E-state index contributed by atoms with van der Waals surface area (Å²) in [4.78, 5) is 26.0. The zero-order valence-electron chi connectivity index (χ0n) is 10.6. The summed E-state index contributed by atoms with van der Waals surface area (Å²) in [5, 5.41) is 3.27. The third-order valence-corrected chi connectivity index (χ3v) is 4.10. The zero-order valence-corrected chi connectivity index (χ0v) is 12.2. The van der Waals surface area contributed by atoms with E-state index in [0.717, 1.165) is 36.4 Å². The lowest BCUT2D eigenvalue weighted by atomic mass is 10.3. The van der Waals surface area contributed by atoms with Gasteiger partial charge in [-0.2, -0.15) is 0 Å². The molecule has 1 aromatic rings. The maximum absolute atomic E-state index is 11.9. The normalized spacial score (nSPS) is 17.1. The third-order valence-electron chi connectivity index (χ3n) is 3.31. The van der Waals surface area contributed by atoms with Gasteiger partial charge in [0.05, 0.1) is 5.69 Å². The first kappa shape index (κ1) is 13.5. The topological polar surface area (TPSA) is 59.3 Å². The standard InChI is InChI=1S/C11H17BrN4O2/c1-14-8(7-16-5-3-13-4-6-16)9(12)10(17)15(2)11(14)18/h13H,3-7H2,1-2H3. The van der Waals surface area contributed by atoms with Gasteiger partial charge < -0.3 is 5.32 Å². The second kappa shape index (κ2) is 5.38. The summed E-state index contributed by atoms with van der Waals surface area (Å²) in [5.74, 6) is 0. The minimum atomic E-state index is -0.284. The fourth-order valence-electron chi connectivity index (χ4n) is 2.10. The molecule has 0 aliphatic carbocycles. The van der Waals surface area contributed by atoms with Crippen molar-refractivity contribution in [2.75, 3.05) is 26.2 Å². The largest absolute Gasteiger partial charge is 0.330 e. The summed E-state index contributed by atoms with van der Waals surface area (Å²) < 4.78 is 3.13. The van der Waals surface area contributed by atoms with Crippen molar-refractivity contribution in [1.29, 1.82) is 0 Å². The maximum Gasteiger partial charge on any atom is 0.330 e. The van der Waals surface area contributed by atoms with E-state index in [-0.39, 0.29) is 11.2 Å². The van der Waals surface area contributed by atoms with Gasteiger partial charge in [-0.15, -0.1) is 0 Å². The molecule has 1 aliphatic rings. The Morgan fingerprint density at radius 2 is 1.78 bits per heavy atom.